The van der Waals surface area contributed by atoms with E-state index in [2.05, 4.69) is 78.7 Å². The lowest BCUT2D eigenvalue weighted by atomic mass is 9.86. The molecule has 3 atom stereocenters. The van der Waals surface area contributed by atoms with E-state index in [1.54, 1.807) is 0 Å². The smallest absolute Gasteiger partial charge is 0.0474 e. The van der Waals surface area contributed by atoms with Gasteiger partial charge in [-0.05, 0) is 80.7 Å². The first-order valence-corrected chi connectivity index (χ1v) is 12.0. The van der Waals surface area contributed by atoms with Crippen LogP contribution in [0.1, 0.15) is 63.0 Å². The minimum Gasteiger partial charge on any atom is -0.396 e. The van der Waals surface area contributed by atoms with E-state index in [0.29, 0.717) is 17.9 Å². The molecule has 1 heterocycles. The van der Waals surface area contributed by atoms with Crippen LogP contribution in [0.5, 0.6) is 0 Å². The second-order valence-corrected chi connectivity index (χ2v) is 8.87. The van der Waals surface area contributed by atoms with Gasteiger partial charge in [0.15, 0.2) is 0 Å². The summed E-state index contributed by atoms with van der Waals surface area (Å²) in [4.78, 5) is 2.68. The second-order valence-electron chi connectivity index (χ2n) is 8.87. The SMILES string of the molecule is CCNc1cccc(C2CCCC(CC)N(C[C@H](CO)Cc3ccccc3)CC2)c1. The van der Waals surface area contributed by atoms with Crippen molar-refractivity contribution in [2.45, 2.75) is 64.3 Å². The number of aliphatic hydroxyl groups is 1. The Bertz CT molecular complexity index is 733. The summed E-state index contributed by atoms with van der Waals surface area (Å²) >= 11 is 0. The van der Waals surface area contributed by atoms with Crippen molar-refractivity contribution in [3.05, 3.63) is 65.7 Å². The summed E-state index contributed by atoms with van der Waals surface area (Å²) in [6.07, 6.45) is 7.20. The van der Waals surface area contributed by atoms with E-state index >= 15 is 0 Å². The van der Waals surface area contributed by atoms with Crippen molar-refractivity contribution >= 4 is 5.69 Å². The molecule has 0 aliphatic carbocycles. The van der Waals surface area contributed by atoms with Crippen LogP contribution in [0.25, 0.3) is 0 Å². The lowest BCUT2D eigenvalue weighted by molar-refractivity contribution is 0.108. The van der Waals surface area contributed by atoms with Crippen molar-refractivity contribution in [3.63, 3.8) is 0 Å². The van der Waals surface area contributed by atoms with Gasteiger partial charge < -0.3 is 15.3 Å². The highest BCUT2D eigenvalue weighted by molar-refractivity contribution is 5.46. The monoisotopic (exact) mass is 408 g/mol. The Kier molecular flexibility index (Phi) is 9.23. The Morgan fingerprint density at radius 3 is 2.60 bits per heavy atom. The van der Waals surface area contributed by atoms with Crippen LogP contribution in [0, 0.1) is 5.92 Å². The fourth-order valence-corrected chi connectivity index (χ4v) is 5.04. The Labute approximate surface area is 183 Å². The lowest BCUT2D eigenvalue weighted by Gasteiger charge is -2.37. The van der Waals surface area contributed by atoms with E-state index in [9.17, 15) is 5.11 Å². The summed E-state index contributed by atoms with van der Waals surface area (Å²) in [5.74, 6) is 0.932. The van der Waals surface area contributed by atoms with Crippen molar-refractivity contribution in [2.24, 2.45) is 5.92 Å². The van der Waals surface area contributed by atoms with Crippen LogP contribution in [0.3, 0.4) is 0 Å². The van der Waals surface area contributed by atoms with Crippen LogP contribution in [0.4, 0.5) is 5.69 Å². The highest BCUT2D eigenvalue weighted by atomic mass is 16.3. The molecule has 1 saturated heterocycles. The fraction of sp³-hybridized carbons (Fsp3) is 0.556. The van der Waals surface area contributed by atoms with E-state index in [1.165, 1.54) is 48.9 Å². The molecule has 3 heteroatoms. The number of rotatable bonds is 9. The Morgan fingerprint density at radius 2 is 1.87 bits per heavy atom. The van der Waals surface area contributed by atoms with Crippen molar-refractivity contribution < 1.29 is 5.11 Å². The van der Waals surface area contributed by atoms with Gasteiger partial charge in [0.05, 0.1) is 0 Å². The van der Waals surface area contributed by atoms with Crippen LogP contribution in [0.2, 0.25) is 0 Å². The lowest BCUT2D eigenvalue weighted by Crippen LogP contribution is -2.42. The Hall–Kier alpha value is -1.84. The molecule has 2 aromatic carbocycles. The summed E-state index contributed by atoms with van der Waals surface area (Å²) in [5.41, 5.74) is 4.05. The Morgan fingerprint density at radius 1 is 1.03 bits per heavy atom. The third-order valence-electron chi connectivity index (χ3n) is 6.70. The molecule has 0 saturated carbocycles. The topological polar surface area (TPSA) is 35.5 Å². The highest BCUT2D eigenvalue weighted by Gasteiger charge is 2.25. The summed E-state index contributed by atoms with van der Waals surface area (Å²) in [6.45, 7) is 7.81. The van der Waals surface area contributed by atoms with E-state index < -0.39 is 0 Å². The molecule has 0 spiro atoms. The standard InChI is InChI=1S/C27H40N2O/c1-3-27-15-9-12-24(25-13-8-14-26(19-25)28-4-2)16-17-29(27)20-23(21-30)18-22-10-6-5-7-11-22/h5-8,10-11,13-14,19,23-24,27-28,30H,3-4,9,12,15-18,20-21H2,1-2H3/t23-,24?,27?/m1/s1. The summed E-state index contributed by atoms with van der Waals surface area (Å²) < 4.78 is 0. The van der Waals surface area contributed by atoms with E-state index in [4.69, 9.17) is 0 Å². The van der Waals surface area contributed by atoms with Crippen molar-refractivity contribution in [1.29, 1.82) is 0 Å². The van der Waals surface area contributed by atoms with Crippen LogP contribution < -0.4 is 5.32 Å². The van der Waals surface area contributed by atoms with Crippen LogP contribution >= 0.6 is 0 Å². The third kappa shape index (κ3) is 6.58. The summed E-state index contributed by atoms with van der Waals surface area (Å²) in [5, 5.41) is 13.5. The normalized spacial score (nSPS) is 21.6. The average Bonchev–Trinajstić information content (AvgIpc) is 2.76. The van der Waals surface area contributed by atoms with Gasteiger partial charge in [-0.15, -0.1) is 0 Å². The number of benzene rings is 2. The molecule has 2 aromatic rings. The summed E-state index contributed by atoms with van der Waals surface area (Å²) in [6, 6.07) is 20.3. The number of aliphatic hydroxyl groups excluding tert-OH is 1. The fourth-order valence-electron chi connectivity index (χ4n) is 5.04. The van der Waals surface area contributed by atoms with E-state index in [-0.39, 0.29) is 6.61 Å². The zero-order valence-electron chi connectivity index (χ0n) is 18.9. The van der Waals surface area contributed by atoms with Crippen molar-refractivity contribution in [1.82, 2.24) is 4.90 Å². The predicted molar refractivity (Wildman–Crippen MR) is 128 cm³/mol. The molecule has 164 valence electrons. The van der Waals surface area contributed by atoms with Crippen LogP contribution in [-0.2, 0) is 6.42 Å². The van der Waals surface area contributed by atoms with Crippen molar-refractivity contribution in [2.75, 3.05) is 31.6 Å². The molecular formula is C27H40N2O. The van der Waals surface area contributed by atoms with Gasteiger partial charge in [0.1, 0.15) is 0 Å². The van der Waals surface area contributed by atoms with Crippen molar-refractivity contribution in [3.8, 4) is 0 Å². The quantitative estimate of drug-likeness (QED) is 0.558. The molecule has 1 aliphatic rings. The molecule has 0 radical (unpaired) electrons. The zero-order chi connectivity index (χ0) is 21.2. The van der Waals surface area contributed by atoms with Gasteiger partial charge in [-0.2, -0.15) is 0 Å². The molecule has 2 unspecified atom stereocenters. The molecule has 30 heavy (non-hydrogen) atoms. The minimum atomic E-state index is 0.260. The molecule has 1 fully saturated rings. The number of anilines is 1. The van der Waals surface area contributed by atoms with Gasteiger partial charge in [-0.25, -0.2) is 0 Å². The molecule has 1 aliphatic heterocycles. The second kappa shape index (κ2) is 12.1. The first-order chi connectivity index (χ1) is 14.7. The third-order valence-corrected chi connectivity index (χ3v) is 6.70. The number of nitrogens with zero attached hydrogens (tertiary/aromatic N) is 1. The first kappa shape index (κ1) is 22.8. The first-order valence-electron chi connectivity index (χ1n) is 12.0. The molecule has 0 aromatic heterocycles. The average molecular weight is 409 g/mol. The zero-order valence-corrected chi connectivity index (χ0v) is 18.9. The Balaban J connectivity index is 1.66. The molecule has 0 amide bonds. The highest BCUT2D eigenvalue weighted by Crippen LogP contribution is 2.32. The maximum atomic E-state index is 10.1. The summed E-state index contributed by atoms with van der Waals surface area (Å²) in [7, 11) is 0. The van der Waals surface area contributed by atoms with Gasteiger partial charge in [-0.1, -0.05) is 55.8 Å². The van der Waals surface area contributed by atoms with Gasteiger partial charge in [0, 0.05) is 31.4 Å². The molecule has 3 rings (SSSR count). The molecule has 2 N–H and O–H groups in total. The van der Waals surface area contributed by atoms with E-state index in [0.717, 1.165) is 26.1 Å². The molecule has 0 bridgehead atoms. The van der Waals surface area contributed by atoms with Gasteiger partial charge in [0.2, 0.25) is 0 Å². The van der Waals surface area contributed by atoms with Crippen LogP contribution in [0.15, 0.2) is 54.6 Å². The number of likely N-dealkylation sites (tertiary alicyclic amines) is 1. The van der Waals surface area contributed by atoms with Gasteiger partial charge >= 0.3 is 0 Å². The maximum Gasteiger partial charge on any atom is 0.0474 e. The van der Waals surface area contributed by atoms with Gasteiger partial charge in [-0.3, -0.25) is 0 Å². The largest absolute Gasteiger partial charge is 0.396 e. The number of nitrogens with one attached hydrogen (secondary N) is 1. The maximum absolute atomic E-state index is 10.1. The number of hydrogen-bond donors (Lipinski definition) is 2. The van der Waals surface area contributed by atoms with Gasteiger partial charge in [0.25, 0.3) is 0 Å². The molecule has 3 nitrogen and oxygen atoms in total. The van der Waals surface area contributed by atoms with Crippen LogP contribution in [-0.4, -0.2) is 42.3 Å². The minimum absolute atomic E-state index is 0.260. The van der Waals surface area contributed by atoms with E-state index in [1.807, 2.05) is 0 Å². The number of hydrogen-bond acceptors (Lipinski definition) is 3. The molecular weight excluding hydrogens is 368 g/mol. The predicted octanol–water partition coefficient (Wildman–Crippen LogP) is 5.71.